The Hall–Kier alpha value is -2.90. The maximum Gasteiger partial charge on any atom is 0.325 e. The van der Waals surface area contributed by atoms with Crippen molar-refractivity contribution in [3.63, 3.8) is 0 Å². The number of benzene rings is 1. The summed E-state index contributed by atoms with van der Waals surface area (Å²) in [5, 5.41) is 5.68. The van der Waals surface area contributed by atoms with Crippen molar-refractivity contribution in [3.05, 3.63) is 29.3 Å². The lowest BCUT2D eigenvalue weighted by molar-refractivity contribution is -0.134. The van der Waals surface area contributed by atoms with Crippen LogP contribution in [0.5, 0.6) is 0 Å². The Labute approximate surface area is 177 Å². The molecule has 1 aromatic carbocycles. The lowest BCUT2D eigenvalue weighted by Gasteiger charge is -2.20. The molecular weight excluding hydrogens is 384 g/mol. The second kappa shape index (κ2) is 8.85. The quantitative estimate of drug-likeness (QED) is 0.669. The Morgan fingerprint density at radius 3 is 2.60 bits per heavy atom. The smallest absolute Gasteiger partial charge is 0.325 e. The van der Waals surface area contributed by atoms with E-state index >= 15 is 0 Å². The summed E-state index contributed by atoms with van der Waals surface area (Å²) < 4.78 is 0. The third-order valence-corrected chi connectivity index (χ3v) is 6.16. The highest BCUT2D eigenvalue weighted by atomic mass is 16.2. The van der Waals surface area contributed by atoms with E-state index in [1.165, 1.54) is 9.80 Å². The molecule has 0 radical (unpaired) electrons. The zero-order chi connectivity index (χ0) is 21.9. The number of likely N-dealkylation sites (N-methyl/N-ethyl adjacent to an activating group) is 1. The molecule has 1 aromatic rings. The van der Waals surface area contributed by atoms with Crippen LogP contribution >= 0.6 is 0 Å². The van der Waals surface area contributed by atoms with Gasteiger partial charge in [-0.3, -0.25) is 19.3 Å². The first-order chi connectivity index (χ1) is 14.2. The second-order valence-electron chi connectivity index (χ2n) is 8.33. The van der Waals surface area contributed by atoms with Crippen molar-refractivity contribution < 1.29 is 19.2 Å². The minimum absolute atomic E-state index is 0.0571. The summed E-state index contributed by atoms with van der Waals surface area (Å²) in [6.45, 7) is 4.06. The Morgan fingerprint density at radius 2 is 1.90 bits per heavy atom. The largest absolute Gasteiger partial charge is 0.336 e. The van der Waals surface area contributed by atoms with E-state index in [9.17, 15) is 19.2 Å². The van der Waals surface area contributed by atoms with Crippen molar-refractivity contribution >= 4 is 29.4 Å². The van der Waals surface area contributed by atoms with E-state index in [1.54, 1.807) is 7.05 Å². The van der Waals surface area contributed by atoms with Crippen LogP contribution in [0, 0.1) is 13.8 Å². The van der Waals surface area contributed by atoms with Crippen LogP contribution in [-0.2, 0) is 14.4 Å². The number of amides is 5. The molecule has 1 saturated heterocycles. The Bertz CT molecular complexity index is 861. The lowest BCUT2D eigenvalue weighted by atomic mass is 9.98. The van der Waals surface area contributed by atoms with E-state index in [2.05, 4.69) is 10.6 Å². The molecule has 0 atom stereocenters. The molecule has 1 spiro atoms. The highest BCUT2D eigenvalue weighted by molar-refractivity contribution is 6.07. The van der Waals surface area contributed by atoms with Crippen molar-refractivity contribution in [1.82, 2.24) is 15.1 Å². The van der Waals surface area contributed by atoms with Gasteiger partial charge in [0.15, 0.2) is 0 Å². The molecule has 8 heteroatoms. The van der Waals surface area contributed by atoms with E-state index in [-0.39, 0.29) is 43.3 Å². The van der Waals surface area contributed by atoms with Crippen LogP contribution in [0.2, 0.25) is 0 Å². The molecule has 1 aliphatic heterocycles. The van der Waals surface area contributed by atoms with Crippen molar-refractivity contribution in [2.75, 3.05) is 25.5 Å². The van der Waals surface area contributed by atoms with Crippen LogP contribution in [0.1, 0.15) is 49.7 Å². The van der Waals surface area contributed by atoms with Gasteiger partial charge >= 0.3 is 6.03 Å². The number of urea groups is 1. The van der Waals surface area contributed by atoms with Crippen LogP contribution in [0.25, 0.3) is 0 Å². The monoisotopic (exact) mass is 414 g/mol. The molecule has 0 aromatic heterocycles. The number of carbonyl (C=O) groups excluding carboxylic acids is 4. The van der Waals surface area contributed by atoms with E-state index in [0.29, 0.717) is 19.3 Å². The number of imide groups is 1. The number of hydrogen-bond donors (Lipinski definition) is 2. The Morgan fingerprint density at radius 1 is 1.20 bits per heavy atom. The molecule has 2 aliphatic rings. The molecule has 30 heavy (non-hydrogen) atoms. The Kier molecular flexibility index (Phi) is 6.43. The van der Waals surface area contributed by atoms with Gasteiger partial charge in [0.2, 0.25) is 11.8 Å². The predicted octanol–water partition coefficient (Wildman–Crippen LogP) is 2.35. The number of carbonyl (C=O) groups is 4. The van der Waals surface area contributed by atoms with Crippen molar-refractivity contribution in [2.45, 2.75) is 57.9 Å². The van der Waals surface area contributed by atoms with E-state index in [1.807, 2.05) is 32.0 Å². The Balaban J connectivity index is 1.44. The first-order valence-corrected chi connectivity index (χ1v) is 10.5. The van der Waals surface area contributed by atoms with E-state index in [0.717, 1.165) is 29.7 Å². The van der Waals surface area contributed by atoms with Crippen molar-refractivity contribution in [3.8, 4) is 0 Å². The number of nitrogens with one attached hydrogen (secondary N) is 2. The molecule has 1 saturated carbocycles. The minimum Gasteiger partial charge on any atom is -0.336 e. The van der Waals surface area contributed by atoms with Crippen LogP contribution in [0.4, 0.5) is 10.5 Å². The zero-order valence-corrected chi connectivity index (χ0v) is 17.9. The summed E-state index contributed by atoms with van der Waals surface area (Å²) in [5.41, 5.74) is 2.09. The molecule has 0 unspecified atom stereocenters. The summed E-state index contributed by atoms with van der Waals surface area (Å²) in [6, 6.07) is 5.31. The summed E-state index contributed by atoms with van der Waals surface area (Å²) in [4.78, 5) is 52.1. The molecule has 8 nitrogen and oxygen atoms in total. The fourth-order valence-corrected chi connectivity index (χ4v) is 4.16. The van der Waals surface area contributed by atoms with Crippen molar-refractivity contribution in [1.29, 1.82) is 0 Å². The first kappa shape index (κ1) is 21.8. The average Bonchev–Trinajstić information content (AvgIpc) is 3.25. The number of rotatable bonds is 7. The van der Waals surface area contributed by atoms with E-state index in [4.69, 9.17) is 0 Å². The molecule has 2 N–H and O–H groups in total. The third kappa shape index (κ3) is 4.47. The minimum atomic E-state index is -0.718. The highest BCUT2D eigenvalue weighted by Crippen LogP contribution is 2.35. The molecule has 1 aliphatic carbocycles. The van der Waals surface area contributed by atoms with Crippen LogP contribution in [0.3, 0.4) is 0 Å². The average molecular weight is 415 g/mol. The van der Waals surface area contributed by atoms with Gasteiger partial charge in [0, 0.05) is 25.7 Å². The molecule has 5 amide bonds. The number of hydrogen-bond acceptors (Lipinski definition) is 4. The number of aryl methyl sites for hydroxylation is 1. The maximum absolute atomic E-state index is 12.6. The van der Waals surface area contributed by atoms with Gasteiger partial charge in [0.25, 0.3) is 5.91 Å². The zero-order valence-electron chi connectivity index (χ0n) is 17.9. The van der Waals surface area contributed by atoms with Crippen molar-refractivity contribution in [2.24, 2.45) is 0 Å². The summed E-state index contributed by atoms with van der Waals surface area (Å²) in [7, 11) is 1.58. The topological polar surface area (TPSA) is 98.8 Å². The fraction of sp³-hybridized carbons (Fsp3) is 0.545. The van der Waals surface area contributed by atoms with Gasteiger partial charge in [0.1, 0.15) is 5.54 Å². The van der Waals surface area contributed by atoms with Gasteiger partial charge in [-0.1, -0.05) is 25.0 Å². The predicted molar refractivity (Wildman–Crippen MR) is 113 cm³/mol. The SMILES string of the molecule is Cc1cccc(NC(=O)CN(C)C(=O)CCCN2C(=O)NC3(CCCC3)C2=O)c1C. The summed E-state index contributed by atoms with van der Waals surface area (Å²) in [5.74, 6) is -0.635. The first-order valence-electron chi connectivity index (χ1n) is 10.5. The van der Waals surface area contributed by atoms with Gasteiger partial charge in [-0.25, -0.2) is 4.79 Å². The molecular formula is C22H30N4O4. The van der Waals surface area contributed by atoms with Gasteiger partial charge in [-0.05, 0) is 50.3 Å². The second-order valence-corrected chi connectivity index (χ2v) is 8.33. The lowest BCUT2D eigenvalue weighted by Crippen LogP contribution is -2.44. The molecule has 0 bridgehead atoms. The molecule has 3 rings (SSSR count). The normalized spacial score (nSPS) is 17.4. The standard InChI is InChI=1S/C22H30N4O4/c1-15-8-6-9-17(16(15)2)23-18(27)14-25(3)19(28)10-7-13-26-20(29)22(24-21(26)30)11-4-5-12-22/h6,8-9H,4-5,7,10-14H2,1-3H3,(H,23,27)(H,24,30). The van der Waals surface area contributed by atoms with E-state index < -0.39 is 5.54 Å². The third-order valence-electron chi connectivity index (χ3n) is 6.16. The summed E-state index contributed by atoms with van der Waals surface area (Å²) >= 11 is 0. The summed E-state index contributed by atoms with van der Waals surface area (Å²) in [6.07, 6.45) is 3.78. The van der Waals surface area contributed by atoms with Gasteiger partial charge in [-0.2, -0.15) is 0 Å². The van der Waals surface area contributed by atoms with Crippen LogP contribution in [-0.4, -0.2) is 59.2 Å². The van der Waals surface area contributed by atoms with Gasteiger partial charge in [0.05, 0.1) is 6.54 Å². The number of anilines is 1. The molecule has 2 fully saturated rings. The van der Waals surface area contributed by atoms with Gasteiger partial charge in [-0.15, -0.1) is 0 Å². The highest BCUT2D eigenvalue weighted by Gasteiger charge is 2.52. The number of nitrogens with zero attached hydrogens (tertiary/aromatic N) is 2. The molecule has 1 heterocycles. The van der Waals surface area contributed by atoms with Gasteiger partial charge < -0.3 is 15.5 Å². The molecule has 162 valence electrons. The van der Waals surface area contributed by atoms with Crippen LogP contribution < -0.4 is 10.6 Å². The fourth-order valence-electron chi connectivity index (χ4n) is 4.16. The maximum atomic E-state index is 12.6. The van der Waals surface area contributed by atoms with Crippen LogP contribution in [0.15, 0.2) is 18.2 Å².